The molecule has 0 aromatic heterocycles. The molecule has 0 saturated heterocycles. The summed E-state index contributed by atoms with van der Waals surface area (Å²) in [5.41, 5.74) is 0.179. The molecule has 1 aromatic rings. The second-order valence-corrected chi connectivity index (χ2v) is 6.30. The number of rotatable bonds is 6. The molecule has 0 fully saturated rings. The van der Waals surface area contributed by atoms with Crippen LogP contribution in [0.5, 0.6) is 0 Å². The first kappa shape index (κ1) is 16.7. The molecule has 0 aliphatic carbocycles. The van der Waals surface area contributed by atoms with E-state index in [0.717, 1.165) is 5.56 Å². The third-order valence-electron chi connectivity index (χ3n) is 3.06. The Morgan fingerprint density at radius 2 is 1.79 bits per heavy atom. The minimum Gasteiger partial charge on any atom is -0.376 e. The van der Waals surface area contributed by atoms with Crippen molar-refractivity contribution < 1.29 is 9.13 Å². The van der Waals surface area contributed by atoms with Crippen LogP contribution in [0.4, 0.5) is 4.39 Å². The van der Waals surface area contributed by atoms with E-state index in [2.05, 4.69) is 0 Å². The van der Waals surface area contributed by atoms with Crippen molar-refractivity contribution >= 4 is 23.2 Å². The van der Waals surface area contributed by atoms with E-state index < -0.39 is 5.41 Å². The molecule has 0 amide bonds. The third-order valence-corrected chi connectivity index (χ3v) is 4.09. The highest BCUT2D eigenvalue weighted by molar-refractivity contribution is 6.22. The quantitative estimate of drug-likeness (QED) is 0.689. The molecule has 1 rings (SSSR count). The van der Waals surface area contributed by atoms with Crippen LogP contribution in [-0.2, 0) is 10.2 Å². The largest absolute Gasteiger partial charge is 0.376 e. The molecular weight excluding hydrogens is 286 g/mol. The van der Waals surface area contributed by atoms with Crippen LogP contribution in [-0.4, -0.2) is 24.0 Å². The lowest BCUT2D eigenvalue weighted by atomic mass is 9.81. The van der Waals surface area contributed by atoms with E-state index >= 15 is 0 Å². The van der Waals surface area contributed by atoms with Crippen LogP contribution in [0.3, 0.4) is 0 Å². The van der Waals surface area contributed by atoms with E-state index in [-0.39, 0.29) is 11.4 Å². The van der Waals surface area contributed by atoms with E-state index in [9.17, 15) is 4.39 Å². The van der Waals surface area contributed by atoms with E-state index in [4.69, 9.17) is 27.9 Å². The van der Waals surface area contributed by atoms with Gasteiger partial charge < -0.3 is 4.74 Å². The molecule has 0 unspecified atom stereocenters. The lowest BCUT2D eigenvalue weighted by Gasteiger charge is -2.31. The number of halogens is 3. The zero-order valence-corrected chi connectivity index (χ0v) is 13.2. The van der Waals surface area contributed by atoms with Gasteiger partial charge in [0.2, 0.25) is 0 Å². The maximum Gasteiger partial charge on any atom is 0.123 e. The summed E-state index contributed by atoms with van der Waals surface area (Å²) in [7, 11) is 0. The minimum atomic E-state index is -0.448. The molecule has 1 aromatic carbocycles. The number of hydrogen-bond acceptors (Lipinski definition) is 1. The monoisotopic (exact) mass is 306 g/mol. The summed E-state index contributed by atoms with van der Waals surface area (Å²) in [5.74, 6) is 0.412. The van der Waals surface area contributed by atoms with Gasteiger partial charge in [-0.05, 0) is 44.9 Å². The summed E-state index contributed by atoms with van der Waals surface area (Å²) in [6, 6.07) is 6.47. The molecule has 0 radical (unpaired) electrons. The van der Waals surface area contributed by atoms with Crippen LogP contribution in [0.15, 0.2) is 24.3 Å². The van der Waals surface area contributed by atoms with E-state index in [1.807, 2.05) is 26.8 Å². The molecule has 108 valence electrons. The summed E-state index contributed by atoms with van der Waals surface area (Å²) >= 11 is 12.2. The number of ether oxygens (including phenoxy) is 1. The van der Waals surface area contributed by atoms with Crippen LogP contribution in [0.25, 0.3) is 0 Å². The molecule has 0 N–H and O–H groups in total. The Labute approximate surface area is 125 Å². The van der Waals surface area contributed by atoms with Crippen LogP contribution in [0.2, 0.25) is 0 Å². The van der Waals surface area contributed by atoms with Gasteiger partial charge in [0, 0.05) is 23.8 Å². The summed E-state index contributed by atoms with van der Waals surface area (Å²) < 4.78 is 19.1. The lowest BCUT2D eigenvalue weighted by Crippen LogP contribution is -2.34. The highest BCUT2D eigenvalue weighted by atomic mass is 35.5. The topological polar surface area (TPSA) is 9.23 Å². The second kappa shape index (κ2) is 6.92. The highest BCUT2D eigenvalue weighted by Crippen LogP contribution is 2.32. The number of benzene rings is 1. The van der Waals surface area contributed by atoms with Gasteiger partial charge in [-0.2, -0.15) is 0 Å². The van der Waals surface area contributed by atoms with Crippen molar-refractivity contribution in [3.63, 3.8) is 0 Å². The molecule has 0 spiro atoms. The van der Waals surface area contributed by atoms with E-state index in [0.29, 0.717) is 24.8 Å². The smallest absolute Gasteiger partial charge is 0.123 e. The van der Waals surface area contributed by atoms with Gasteiger partial charge in [-0.25, -0.2) is 4.39 Å². The molecule has 0 saturated carbocycles. The maximum atomic E-state index is 13.4. The van der Waals surface area contributed by atoms with Crippen LogP contribution in [0, 0.1) is 5.82 Å². The summed E-state index contributed by atoms with van der Waals surface area (Å²) in [5, 5.41) is 0. The predicted octanol–water partition coefficient (Wildman–Crippen LogP) is 4.75. The van der Waals surface area contributed by atoms with Crippen LogP contribution >= 0.6 is 23.2 Å². The van der Waals surface area contributed by atoms with Gasteiger partial charge in [-0.15, -0.1) is 23.2 Å². The zero-order valence-electron chi connectivity index (χ0n) is 11.7. The molecule has 0 atom stereocenters. The Morgan fingerprint density at radius 3 is 2.26 bits per heavy atom. The first-order valence-electron chi connectivity index (χ1n) is 6.35. The van der Waals surface area contributed by atoms with E-state index in [1.54, 1.807) is 6.07 Å². The number of hydrogen-bond donors (Lipinski definition) is 0. The zero-order chi connectivity index (χ0) is 14.5. The fraction of sp³-hybridized carbons (Fsp3) is 0.600. The maximum absolute atomic E-state index is 13.4. The van der Waals surface area contributed by atoms with Gasteiger partial charge in [0.1, 0.15) is 5.82 Å². The Hall–Kier alpha value is -0.310. The Kier molecular flexibility index (Phi) is 6.10. The van der Waals surface area contributed by atoms with Gasteiger partial charge in [-0.3, -0.25) is 0 Å². The van der Waals surface area contributed by atoms with Gasteiger partial charge in [-0.1, -0.05) is 12.1 Å². The van der Waals surface area contributed by atoms with Gasteiger partial charge in [0.15, 0.2) is 0 Å². The van der Waals surface area contributed by atoms with Crippen molar-refractivity contribution in [2.24, 2.45) is 0 Å². The predicted molar refractivity (Wildman–Crippen MR) is 79.8 cm³/mol. The molecular formula is C15H21Cl2FO. The van der Waals surface area contributed by atoms with Crippen molar-refractivity contribution in [3.8, 4) is 0 Å². The fourth-order valence-electron chi connectivity index (χ4n) is 1.84. The second-order valence-electron chi connectivity index (χ2n) is 5.77. The van der Waals surface area contributed by atoms with Crippen molar-refractivity contribution in [2.75, 3.05) is 18.4 Å². The SMILES string of the molecule is CC(C)(C)OCCC(CCl)(CCl)c1cccc(F)c1. The molecule has 1 nitrogen and oxygen atoms in total. The summed E-state index contributed by atoms with van der Waals surface area (Å²) in [6.45, 7) is 6.54. The van der Waals surface area contributed by atoms with Gasteiger partial charge >= 0.3 is 0 Å². The Bertz CT molecular complexity index is 397. The first-order valence-corrected chi connectivity index (χ1v) is 7.42. The van der Waals surface area contributed by atoms with Crippen LogP contribution in [0.1, 0.15) is 32.8 Å². The highest BCUT2D eigenvalue weighted by Gasteiger charge is 2.31. The lowest BCUT2D eigenvalue weighted by molar-refractivity contribution is -0.00965. The molecule has 0 bridgehead atoms. The Balaban J connectivity index is 2.85. The number of alkyl halides is 2. The minimum absolute atomic E-state index is 0.202. The van der Waals surface area contributed by atoms with Gasteiger partial charge in [0.05, 0.1) is 5.60 Å². The summed E-state index contributed by atoms with van der Waals surface area (Å²) in [6.07, 6.45) is 0.667. The average Bonchev–Trinajstić information content (AvgIpc) is 2.34. The normalized spacial score (nSPS) is 12.7. The van der Waals surface area contributed by atoms with Crippen molar-refractivity contribution in [3.05, 3.63) is 35.6 Å². The average molecular weight is 307 g/mol. The van der Waals surface area contributed by atoms with Gasteiger partial charge in [0.25, 0.3) is 0 Å². The summed E-state index contributed by atoms with van der Waals surface area (Å²) in [4.78, 5) is 0. The molecule has 4 heteroatoms. The van der Waals surface area contributed by atoms with Crippen molar-refractivity contribution in [1.82, 2.24) is 0 Å². The first-order chi connectivity index (χ1) is 8.83. The van der Waals surface area contributed by atoms with Crippen molar-refractivity contribution in [2.45, 2.75) is 38.2 Å². The molecule has 0 heterocycles. The standard InChI is InChI=1S/C15H21Cl2FO/c1-14(2,3)19-8-7-15(10-16,11-17)12-5-4-6-13(18)9-12/h4-6,9H,7-8,10-11H2,1-3H3. The van der Waals surface area contributed by atoms with Crippen molar-refractivity contribution in [1.29, 1.82) is 0 Å². The third kappa shape index (κ3) is 4.94. The van der Waals surface area contributed by atoms with E-state index in [1.165, 1.54) is 12.1 Å². The Morgan fingerprint density at radius 1 is 1.16 bits per heavy atom. The van der Waals surface area contributed by atoms with Crippen LogP contribution < -0.4 is 0 Å². The molecule has 0 aliphatic rings. The molecule has 0 aliphatic heterocycles. The fourth-order valence-corrected chi connectivity index (χ4v) is 2.70. The molecule has 19 heavy (non-hydrogen) atoms.